The number of hydrogen-bond donors (Lipinski definition) is 2. The molecular formula is C27H22N4O5. The second kappa shape index (κ2) is 9.75. The number of hydrogen-bond acceptors (Lipinski definition) is 6. The lowest BCUT2D eigenvalue weighted by Gasteiger charge is -2.12. The van der Waals surface area contributed by atoms with Gasteiger partial charge in [0.05, 0.1) is 5.69 Å². The van der Waals surface area contributed by atoms with Crippen LogP contribution < -0.4 is 25.7 Å². The van der Waals surface area contributed by atoms with Crippen molar-refractivity contribution in [3.05, 3.63) is 100 Å². The third-order valence-corrected chi connectivity index (χ3v) is 5.56. The van der Waals surface area contributed by atoms with Crippen LogP contribution >= 0.6 is 0 Å². The Hall–Kier alpha value is -4.92. The summed E-state index contributed by atoms with van der Waals surface area (Å²) >= 11 is 0. The molecule has 0 radical (unpaired) electrons. The van der Waals surface area contributed by atoms with Gasteiger partial charge in [0, 0.05) is 22.9 Å². The Morgan fingerprint density at radius 3 is 2.44 bits per heavy atom. The summed E-state index contributed by atoms with van der Waals surface area (Å²) in [6.45, 7) is 1.72. The highest BCUT2D eigenvalue weighted by Crippen LogP contribution is 2.34. The van der Waals surface area contributed by atoms with Crippen molar-refractivity contribution >= 4 is 23.2 Å². The van der Waals surface area contributed by atoms with Gasteiger partial charge >= 0.3 is 0 Å². The Kier molecular flexibility index (Phi) is 6.19. The monoisotopic (exact) mass is 482 g/mol. The van der Waals surface area contributed by atoms with Crippen LogP contribution in [0, 0.1) is 6.92 Å². The molecule has 5 rings (SSSR count). The van der Waals surface area contributed by atoms with Crippen LogP contribution in [-0.4, -0.2) is 28.4 Å². The molecule has 0 saturated heterocycles. The van der Waals surface area contributed by atoms with Crippen LogP contribution in [0.1, 0.15) is 15.9 Å². The molecule has 4 aromatic rings. The summed E-state index contributed by atoms with van der Waals surface area (Å²) in [6.07, 6.45) is 0. The molecule has 1 aromatic heterocycles. The number of benzene rings is 3. The molecule has 180 valence electrons. The van der Waals surface area contributed by atoms with E-state index in [9.17, 15) is 14.4 Å². The quantitative estimate of drug-likeness (QED) is 0.432. The van der Waals surface area contributed by atoms with E-state index in [2.05, 4.69) is 15.7 Å². The van der Waals surface area contributed by atoms with Gasteiger partial charge in [-0.05, 0) is 37.3 Å². The van der Waals surface area contributed by atoms with Crippen LogP contribution in [0.5, 0.6) is 11.5 Å². The van der Waals surface area contributed by atoms with E-state index in [0.29, 0.717) is 28.4 Å². The molecular weight excluding hydrogens is 460 g/mol. The van der Waals surface area contributed by atoms with Gasteiger partial charge in [-0.15, -0.1) is 0 Å². The van der Waals surface area contributed by atoms with E-state index in [4.69, 9.17) is 9.47 Å². The SMILES string of the molecule is Cc1ccc(-c2cc(NC(=O)c3ccccc3)c(=O)n(CC(=O)Nc3ccc4c(c3)OCO4)n2)cc1. The normalized spacial score (nSPS) is 11.7. The van der Waals surface area contributed by atoms with Crippen LogP contribution in [-0.2, 0) is 11.3 Å². The lowest BCUT2D eigenvalue weighted by atomic mass is 10.1. The average Bonchev–Trinajstić information content (AvgIpc) is 3.35. The maximum atomic E-state index is 13.2. The van der Waals surface area contributed by atoms with Gasteiger partial charge in [0.1, 0.15) is 12.2 Å². The van der Waals surface area contributed by atoms with Crippen LogP contribution in [0.4, 0.5) is 11.4 Å². The highest BCUT2D eigenvalue weighted by Gasteiger charge is 2.17. The molecule has 2 N–H and O–H groups in total. The van der Waals surface area contributed by atoms with E-state index in [1.165, 1.54) is 6.07 Å². The minimum atomic E-state index is -0.601. The molecule has 3 aromatic carbocycles. The second-order valence-electron chi connectivity index (χ2n) is 8.21. The molecule has 36 heavy (non-hydrogen) atoms. The molecule has 0 spiro atoms. The lowest BCUT2D eigenvalue weighted by Crippen LogP contribution is -2.32. The van der Waals surface area contributed by atoms with Crippen molar-refractivity contribution in [2.75, 3.05) is 17.4 Å². The first kappa shape index (κ1) is 22.9. The standard InChI is InChI=1S/C27H22N4O5/c1-17-7-9-18(10-8-17)21-14-22(29-26(33)19-5-3-2-4-6-19)27(34)31(30-21)15-25(32)28-20-11-12-23-24(13-20)36-16-35-23/h2-14H,15-16H2,1H3,(H,28,32)(H,29,33). The predicted molar refractivity (Wildman–Crippen MR) is 134 cm³/mol. The van der Waals surface area contributed by atoms with E-state index in [-0.39, 0.29) is 19.0 Å². The smallest absolute Gasteiger partial charge is 0.291 e. The summed E-state index contributed by atoms with van der Waals surface area (Å²) in [5, 5.41) is 9.80. The first-order chi connectivity index (χ1) is 17.5. The molecule has 9 heteroatoms. The molecule has 0 bridgehead atoms. The van der Waals surface area contributed by atoms with Gasteiger partial charge in [-0.2, -0.15) is 5.10 Å². The number of carbonyl (C=O) groups excluding carboxylic acids is 2. The summed E-state index contributed by atoms with van der Waals surface area (Å²) in [7, 11) is 0. The molecule has 1 aliphatic heterocycles. The second-order valence-corrected chi connectivity index (χ2v) is 8.21. The van der Waals surface area contributed by atoms with Gasteiger partial charge < -0.3 is 20.1 Å². The maximum Gasteiger partial charge on any atom is 0.291 e. The van der Waals surface area contributed by atoms with E-state index in [1.54, 1.807) is 48.5 Å². The fraction of sp³-hybridized carbons (Fsp3) is 0.111. The zero-order valence-corrected chi connectivity index (χ0v) is 19.4. The molecule has 1 aliphatic rings. The van der Waals surface area contributed by atoms with Gasteiger partial charge in [0.25, 0.3) is 11.5 Å². The van der Waals surface area contributed by atoms with E-state index in [1.807, 2.05) is 31.2 Å². The van der Waals surface area contributed by atoms with Crippen LogP contribution in [0.25, 0.3) is 11.3 Å². The number of aromatic nitrogens is 2. The average molecular weight is 482 g/mol. The fourth-order valence-electron chi connectivity index (χ4n) is 3.70. The number of ether oxygens (including phenoxy) is 2. The number of nitrogens with zero attached hydrogens (tertiary/aromatic N) is 2. The minimum absolute atomic E-state index is 0.0188. The maximum absolute atomic E-state index is 13.2. The van der Waals surface area contributed by atoms with Crippen LogP contribution in [0.15, 0.2) is 83.7 Å². The number of anilines is 2. The number of nitrogens with one attached hydrogen (secondary N) is 2. The van der Waals surface area contributed by atoms with E-state index < -0.39 is 17.4 Å². The number of fused-ring (bicyclic) bond motifs is 1. The van der Waals surface area contributed by atoms with Gasteiger partial charge in [0.15, 0.2) is 11.5 Å². The van der Waals surface area contributed by atoms with Crippen LogP contribution in [0.3, 0.4) is 0 Å². The summed E-state index contributed by atoms with van der Waals surface area (Å²) < 4.78 is 11.7. The highest BCUT2D eigenvalue weighted by molar-refractivity contribution is 6.04. The predicted octanol–water partition coefficient (Wildman–Crippen LogP) is 3.84. The molecule has 0 saturated carbocycles. The zero-order chi connectivity index (χ0) is 25.1. The summed E-state index contributed by atoms with van der Waals surface area (Å²) in [6, 6.07) is 22.6. The summed E-state index contributed by atoms with van der Waals surface area (Å²) in [5.41, 5.74) is 2.55. The van der Waals surface area contributed by atoms with Crippen molar-refractivity contribution in [2.24, 2.45) is 0 Å². The van der Waals surface area contributed by atoms with Gasteiger partial charge in [-0.3, -0.25) is 14.4 Å². The van der Waals surface area contributed by atoms with Gasteiger partial charge in [0.2, 0.25) is 12.7 Å². The third kappa shape index (κ3) is 4.95. The first-order valence-electron chi connectivity index (χ1n) is 11.2. The largest absolute Gasteiger partial charge is 0.454 e. The van der Waals surface area contributed by atoms with Gasteiger partial charge in [-0.1, -0.05) is 48.0 Å². The number of carbonyl (C=O) groups is 2. The fourth-order valence-corrected chi connectivity index (χ4v) is 3.70. The molecule has 0 unspecified atom stereocenters. The Balaban J connectivity index is 1.44. The third-order valence-electron chi connectivity index (χ3n) is 5.56. The lowest BCUT2D eigenvalue weighted by molar-refractivity contribution is -0.117. The van der Waals surface area contributed by atoms with Crippen molar-refractivity contribution in [3.8, 4) is 22.8 Å². The molecule has 9 nitrogen and oxygen atoms in total. The van der Waals surface area contributed by atoms with E-state index in [0.717, 1.165) is 15.8 Å². The number of aryl methyl sites for hydroxylation is 1. The van der Waals surface area contributed by atoms with Crippen molar-refractivity contribution in [2.45, 2.75) is 13.5 Å². The van der Waals surface area contributed by atoms with Crippen molar-refractivity contribution in [1.29, 1.82) is 0 Å². The molecule has 2 amide bonds. The topological polar surface area (TPSA) is 112 Å². The van der Waals surface area contributed by atoms with E-state index >= 15 is 0 Å². The molecule has 0 fully saturated rings. The van der Waals surface area contributed by atoms with Gasteiger partial charge in [-0.25, -0.2) is 4.68 Å². The minimum Gasteiger partial charge on any atom is -0.454 e. The number of amides is 2. The van der Waals surface area contributed by atoms with Crippen LogP contribution in [0.2, 0.25) is 0 Å². The first-order valence-corrected chi connectivity index (χ1v) is 11.2. The Bertz CT molecular complexity index is 1500. The zero-order valence-electron chi connectivity index (χ0n) is 19.4. The van der Waals surface area contributed by atoms with Crippen molar-refractivity contribution in [3.63, 3.8) is 0 Å². The summed E-state index contributed by atoms with van der Waals surface area (Å²) in [5.74, 6) is 0.209. The Morgan fingerprint density at radius 1 is 0.917 bits per heavy atom. The summed E-state index contributed by atoms with van der Waals surface area (Å²) in [4.78, 5) is 38.7. The van der Waals surface area contributed by atoms with Crippen molar-refractivity contribution < 1.29 is 19.1 Å². The Morgan fingerprint density at radius 2 is 1.67 bits per heavy atom. The molecule has 2 heterocycles. The highest BCUT2D eigenvalue weighted by atomic mass is 16.7. The molecule has 0 aliphatic carbocycles. The van der Waals surface area contributed by atoms with Crippen molar-refractivity contribution in [1.82, 2.24) is 9.78 Å². The molecule has 0 atom stereocenters. The Labute approximate surface area is 206 Å². The number of rotatable bonds is 6.